The molecule has 0 radical (unpaired) electrons. The molecule has 0 aliphatic carbocycles. The van der Waals surface area contributed by atoms with E-state index >= 15 is 0 Å². The van der Waals surface area contributed by atoms with Crippen molar-refractivity contribution in [1.82, 2.24) is 9.80 Å². The van der Waals surface area contributed by atoms with Crippen LogP contribution in [0.5, 0.6) is 17.2 Å². The molecule has 3 N–H and O–H groups in total. The first-order valence-electron chi connectivity index (χ1n) is 37.9. The molecule has 0 amide bonds. The number of benzene rings is 6. The van der Waals surface area contributed by atoms with Gasteiger partial charge in [0.1, 0.15) is 43.6 Å². The van der Waals surface area contributed by atoms with Crippen LogP contribution in [0.3, 0.4) is 0 Å². The number of halogens is 1. The van der Waals surface area contributed by atoms with Gasteiger partial charge in [0, 0.05) is 73.3 Å². The van der Waals surface area contributed by atoms with Crippen LogP contribution in [0.2, 0.25) is 0 Å². The zero-order valence-corrected chi connectivity index (χ0v) is 71.5. The molecule has 0 aromatic heterocycles. The Labute approximate surface area is 663 Å². The number of quaternary nitrogens is 3. The van der Waals surface area contributed by atoms with E-state index in [1.165, 1.54) is 26.2 Å². The van der Waals surface area contributed by atoms with Gasteiger partial charge in [-0.25, -0.2) is 25.3 Å². The number of fused-ring (bicyclic) bond motifs is 3. The number of sulfone groups is 3. The molecule has 5 aliphatic heterocycles. The molecule has 6 aromatic carbocycles. The van der Waals surface area contributed by atoms with Crippen LogP contribution in [0.25, 0.3) is 0 Å². The van der Waals surface area contributed by atoms with Crippen LogP contribution in [0.15, 0.2) is 142 Å². The van der Waals surface area contributed by atoms with Crippen LogP contribution < -0.4 is 38.2 Å². The van der Waals surface area contributed by atoms with Gasteiger partial charge in [0.25, 0.3) is 0 Å². The molecule has 6 atom stereocenters. The Morgan fingerprint density at radius 1 is 0.407 bits per heavy atom. The number of piperazine rings is 2. The Bertz CT molecular complexity index is 4300. The normalized spacial score (nSPS) is 23.6. The second-order valence-electron chi connectivity index (χ2n) is 34.7. The van der Waals surface area contributed by atoms with E-state index in [0.29, 0.717) is 102 Å². The number of nitrogens with zero attached hydrogens (tertiary/aromatic N) is 5. The maximum Gasteiger partial charge on any atom is 0.179 e. The first-order chi connectivity index (χ1) is 50.1. The minimum Gasteiger partial charge on any atom is -1.00 e. The van der Waals surface area contributed by atoms with Crippen molar-refractivity contribution in [2.75, 3.05) is 198 Å². The molecule has 5 heterocycles. The minimum atomic E-state index is -3.54. The third-order valence-corrected chi connectivity index (χ3v) is 28.3. The highest BCUT2D eigenvalue weighted by atomic mass is 127. The molecule has 24 heteroatoms. The van der Waals surface area contributed by atoms with Crippen molar-refractivity contribution in [3.05, 3.63) is 177 Å². The third kappa shape index (κ3) is 23.7. The maximum atomic E-state index is 13.2. The van der Waals surface area contributed by atoms with E-state index in [0.717, 1.165) is 98.4 Å². The van der Waals surface area contributed by atoms with Crippen molar-refractivity contribution in [3.63, 3.8) is 0 Å². The minimum absolute atomic E-state index is 0. The van der Waals surface area contributed by atoms with Gasteiger partial charge in [-0.1, -0.05) is 120 Å². The number of aliphatic hydroxyl groups is 3. The number of ether oxygens (including phenoxy) is 6. The van der Waals surface area contributed by atoms with Gasteiger partial charge in [0.05, 0.1) is 165 Å². The van der Waals surface area contributed by atoms with E-state index < -0.39 is 81.8 Å². The first-order valence-corrected chi connectivity index (χ1v) is 42.9. The number of aryl methyl sites for hydroxylation is 3. The highest BCUT2D eigenvalue weighted by molar-refractivity contribution is 7.92. The van der Waals surface area contributed by atoms with Gasteiger partial charge >= 0.3 is 0 Å². The predicted octanol–water partition coefficient (Wildman–Crippen LogP) is 6.58. The molecule has 2 fully saturated rings. The van der Waals surface area contributed by atoms with Gasteiger partial charge in [0.2, 0.25) is 0 Å². The van der Waals surface area contributed by atoms with Crippen LogP contribution in [-0.4, -0.2) is 280 Å². The van der Waals surface area contributed by atoms with Crippen LogP contribution in [0.4, 0.5) is 0 Å². The molecule has 20 nitrogen and oxygen atoms in total. The summed E-state index contributed by atoms with van der Waals surface area (Å²) >= 11 is 0. The molecule has 598 valence electrons. The fourth-order valence-electron chi connectivity index (χ4n) is 15.0. The van der Waals surface area contributed by atoms with Gasteiger partial charge in [-0.15, -0.1) is 0 Å². The number of hydrogen-bond donors (Lipinski definition) is 3. The number of hydrogen-bond acceptors (Lipinski definition) is 17. The summed E-state index contributed by atoms with van der Waals surface area (Å²) < 4.78 is 117. The largest absolute Gasteiger partial charge is 1.00 e. The van der Waals surface area contributed by atoms with Crippen molar-refractivity contribution in [2.45, 2.75) is 113 Å². The van der Waals surface area contributed by atoms with Gasteiger partial charge in [0.15, 0.2) is 29.5 Å². The Morgan fingerprint density at radius 2 is 0.759 bits per heavy atom. The lowest BCUT2D eigenvalue weighted by Gasteiger charge is -2.39. The molecule has 5 aliphatic rings. The van der Waals surface area contributed by atoms with Crippen LogP contribution >= 0.6 is 0 Å². The second-order valence-corrected chi connectivity index (χ2v) is 40.6. The fraction of sp³-hybridized carbons (Fsp3) is 0.571. The number of aliphatic hydroxyl groups excluding tert-OH is 3. The average molecular weight is 1670 g/mol. The maximum absolute atomic E-state index is 13.2. The Balaban J connectivity index is 0.000000204. The quantitative estimate of drug-likeness (QED) is 0.0330. The molecule has 2 saturated heterocycles. The van der Waals surface area contributed by atoms with Crippen molar-refractivity contribution in [1.29, 1.82) is 0 Å². The number of likely N-dealkylation sites (N-methyl/N-ethyl adjacent to an activating group) is 3. The van der Waals surface area contributed by atoms with Crippen LogP contribution in [0.1, 0.15) is 109 Å². The molecule has 0 unspecified atom stereocenters. The van der Waals surface area contributed by atoms with Crippen molar-refractivity contribution < 1.29 is 106 Å². The zero-order valence-electron chi connectivity index (χ0n) is 66.9. The van der Waals surface area contributed by atoms with Crippen LogP contribution in [-0.2, 0) is 43.7 Å². The van der Waals surface area contributed by atoms with E-state index in [4.69, 9.17) is 28.4 Å². The van der Waals surface area contributed by atoms with Crippen LogP contribution in [0, 0.1) is 37.0 Å². The van der Waals surface area contributed by atoms with Gasteiger partial charge < -0.3 is 81.2 Å². The standard InChI is InChI=1S/2C29H43N2O5S.C26H38NO5S.HI/c1-22-6-11-25-26(20-22)37(33,34)21-29(2,3)28(32)27(25)23-7-9-24(10-8-23)36-19-18-35-17-14-30-12-15-31(4,5)16-13-30;1-22-9-10-26-25(19-22)27(28(32)29(2,3)21-37(26,33)34)23-7-6-8-24(20-23)36-18-17-35-16-13-30-11-14-31(4,5)15-12-30;1-19-10-11-22-23(16-19)33(29,30)18-26(2,3)25(28)24(22)20-8-7-9-21(17-20)32-15-14-31-13-12-27(4,5)6;/h6-11,20,27-28,32H,12-19,21H2,1-5H3;6-10,19-20,27-28,32H,11-18,21H2,1-5H3;7-11,16-17,24-25,28H,12-15,18H2,1-6H3;1H/q3*+1;/p-1/t2*27-,28-;24-,25-;/m111./s1. The Morgan fingerprint density at radius 3 is 1.17 bits per heavy atom. The lowest BCUT2D eigenvalue weighted by Crippen LogP contribution is -3.00. The molecule has 11 rings (SSSR count). The summed E-state index contributed by atoms with van der Waals surface area (Å²) in [6.07, 6.45) is -2.59. The molecular weight excluding hydrogens is 1540 g/mol. The molecule has 0 spiro atoms. The summed E-state index contributed by atoms with van der Waals surface area (Å²) in [5, 5.41) is 34.2. The summed E-state index contributed by atoms with van der Waals surface area (Å²) in [5.41, 5.74) is 4.80. The highest BCUT2D eigenvalue weighted by Crippen LogP contribution is 2.49. The SMILES string of the molecule is Cc1ccc2c(c1)S(=O)(=O)CC(C)(C)[C@H](O)[C@@H]2c1ccc(OCCOCCN2CC[N+](C)(C)CC2)cc1.Cc1ccc2c(c1)S(=O)(=O)CC(C)(C)[C@H](O)[C@@H]2c1cccc(OCCOCC[N+](C)(C)C)c1.Cc1ccc2c(c1)[C@@H](c1cccc(OCCOCCN3CC[N+](C)(C)CC3)c1)[C@@H](O)C(C)(C)CS2(=O)=O.[I-]. The smallest absolute Gasteiger partial charge is 0.179 e. The molecule has 0 saturated carbocycles. The van der Waals surface area contributed by atoms with E-state index in [-0.39, 0.29) is 41.2 Å². The zero-order chi connectivity index (χ0) is 78.1. The lowest BCUT2D eigenvalue weighted by atomic mass is 9.75. The van der Waals surface area contributed by atoms with Gasteiger partial charge in [-0.05, 0) is 120 Å². The third-order valence-electron chi connectivity index (χ3n) is 21.8. The summed E-state index contributed by atoms with van der Waals surface area (Å²) in [5.74, 6) is 0.389. The monoisotopic (exact) mass is 1670 g/mol. The van der Waals surface area contributed by atoms with E-state index in [1.54, 1.807) is 18.2 Å². The number of rotatable bonds is 24. The molecule has 108 heavy (non-hydrogen) atoms. The topological polar surface area (TPSA) is 225 Å². The predicted molar refractivity (Wildman–Crippen MR) is 422 cm³/mol. The van der Waals surface area contributed by atoms with Crippen molar-refractivity contribution in [2.24, 2.45) is 16.2 Å². The molecular formula is C84H124IN5O15S3+2. The highest BCUT2D eigenvalue weighted by Gasteiger charge is 2.48. The van der Waals surface area contributed by atoms with E-state index in [9.17, 15) is 40.6 Å². The second kappa shape index (κ2) is 36.8. The summed E-state index contributed by atoms with van der Waals surface area (Å²) in [7, 11) is 4.89. The molecule has 0 bridgehead atoms. The van der Waals surface area contributed by atoms with Gasteiger partial charge in [-0.2, -0.15) is 0 Å². The van der Waals surface area contributed by atoms with Gasteiger partial charge in [-0.3, -0.25) is 9.80 Å². The molecule has 6 aromatic rings. The average Bonchev–Trinajstić information content (AvgIpc) is 1.61. The lowest BCUT2D eigenvalue weighted by molar-refractivity contribution is -0.894. The fourth-order valence-corrected chi connectivity index (χ4v) is 21.6. The summed E-state index contributed by atoms with van der Waals surface area (Å²) in [6.45, 7) is 33.4. The van der Waals surface area contributed by atoms with E-state index in [2.05, 4.69) is 59.1 Å². The van der Waals surface area contributed by atoms with E-state index in [1.807, 2.05) is 172 Å². The van der Waals surface area contributed by atoms with Crippen molar-refractivity contribution in [3.8, 4) is 17.2 Å². The van der Waals surface area contributed by atoms with Crippen molar-refractivity contribution >= 4 is 29.5 Å². The Hall–Kier alpha value is -5.14. The summed E-state index contributed by atoms with van der Waals surface area (Å²) in [6, 6.07) is 39.2. The summed E-state index contributed by atoms with van der Waals surface area (Å²) in [4.78, 5) is 5.86. The first kappa shape index (κ1) is 88.4. The Kier molecular flexibility index (Phi) is 30.1.